The summed E-state index contributed by atoms with van der Waals surface area (Å²) >= 11 is 0. The summed E-state index contributed by atoms with van der Waals surface area (Å²) in [6.07, 6.45) is 33.3. The highest BCUT2D eigenvalue weighted by atomic mass is 16.3. The fourth-order valence-electron chi connectivity index (χ4n) is 5.30. The summed E-state index contributed by atoms with van der Waals surface area (Å²) in [6, 6.07) is -0.708. The van der Waals surface area contributed by atoms with Gasteiger partial charge in [-0.1, -0.05) is 154 Å². The van der Waals surface area contributed by atoms with E-state index in [1.807, 2.05) is 0 Å². The molecule has 0 aliphatic rings. The van der Waals surface area contributed by atoms with Gasteiger partial charge in [-0.2, -0.15) is 0 Å². The predicted octanol–water partition coefficient (Wildman–Crippen LogP) is 8.92. The van der Waals surface area contributed by atoms with Gasteiger partial charge < -0.3 is 20.6 Å². The number of hydrogen-bond acceptors (Lipinski definition) is 4. The molecule has 5 nitrogen and oxygen atoms in total. The minimum atomic E-state index is -1.07. The Morgan fingerprint density at radius 3 is 1.38 bits per heavy atom. The van der Waals surface area contributed by atoms with Crippen molar-refractivity contribution >= 4 is 5.91 Å². The molecule has 0 aliphatic heterocycles. The van der Waals surface area contributed by atoms with E-state index in [2.05, 4.69) is 31.3 Å². The highest BCUT2D eigenvalue weighted by Crippen LogP contribution is 2.14. The van der Waals surface area contributed by atoms with Crippen LogP contribution in [0.5, 0.6) is 0 Å². The van der Waals surface area contributed by atoms with Gasteiger partial charge >= 0.3 is 0 Å². The second-order valence-electron chi connectivity index (χ2n) is 12.1. The average Bonchev–Trinajstić information content (AvgIpc) is 2.96. The normalized spacial score (nSPS) is 14.0. The molecule has 5 heteroatoms. The molecule has 40 heavy (non-hydrogen) atoms. The molecule has 3 unspecified atom stereocenters. The summed E-state index contributed by atoms with van der Waals surface area (Å²) in [5.41, 5.74) is 0. The van der Waals surface area contributed by atoms with Crippen LogP contribution in [-0.4, -0.2) is 46.1 Å². The van der Waals surface area contributed by atoms with Crippen LogP contribution in [0, 0.1) is 0 Å². The average molecular weight is 568 g/mol. The van der Waals surface area contributed by atoms with Gasteiger partial charge in [0, 0.05) is 0 Å². The first kappa shape index (κ1) is 39.1. The van der Waals surface area contributed by atoms with Crippen LogP contribution in [-0.2, 0) is 4.79 Å². The van der Waals surface area contributed by atoms with E-state index in [1.165, 1.54) is 122 Å². The molecular formula is C35H69NO4. The first-order valence-corrected chi connectivity index (χ1v) is 17.5. The van der Waals surface area contributed by atoms with Crippen LogP contribution in [0.1, 0.15) is 181 Å². The molecule has 0 heterocycles. The van der Waals surface area contributed by atoms with E-state index in [0.717, 1.165) is 32.1 Å². The molecule has 4 N–H and O–H groups in total. The lowest BCUT2D eigenvalue weighted by atomic mass is 10.0. The number of carbonyl (C=O) groups excluding carboxylic acids is 1. The van der Waals surface area contributed by atoms with E-state index in [1.54, 1.807) is 0 Å². The lowest BCUT2D eigenvalue weighted by molar-refractivity contribution is -0.131. The number of carbonyl (C=O) groups is 1. The highest BCUT2D eigenvalue weighted by molar-refractivity contribution is 5.80. The number of allylic oxidation sites excluding steroid dienone is 2. The Morgan fingerprint density at radius 1 is 0.575 bits per heavy atom. The number of nitrogens with one attached hydrogen (secondary N) is 1. The molecule has 0 bridgehead atoms. The van der Waals surface area contributed by atoms with Crippen molar-refractivity contribution in [3.8, 4) is 0 Å². The quantitative estimate of drug-likeness (QED) is 0.0497. The topological polar surface area (TPSA) is 89.8 Å². The number of aliphatic hydroxyl groups is 3. The van der Waals surface area contributed by atoms with Crippen LogP contribution in [0.2, 0.25) is 0 Å². The SMILES string of the molecule is CCCCCCCC/C=C\CCCCCCCCC(O)C(=O)NC(CO)C(O)CCCCCCCCCCCC. The Morgan fingerprint density at radius 2 is 0.950 bits per heavy atom. The number of unbranched alkanes of at least 4 members (excludes halogenated alkanes) is 21. The summed E-state index contributed by atoms with van der Waals surface area (Å²) in [5.74, 6) is -0.478. The zero-order valence-electron chi connectivity index (χ0n) is 26.7. The van der Waals surface area contributed by atoms with Crippen molar-refractivity contribution in [3.63, 3.8) is 0 Å². The number of aliphatic hydroxyl groups excluding tert-OH is 3. The summed E-state index contributed by atoms with van der Waals surface area (Å²) in [4.78, 5) is 12.4. The van der Waals surface area contributed by atoms with Crippen molar-refractivity contribution in [2.45, 2.75) is 199 Å². The van der Waals surface area contributed by atoms with E-state index in [9.17, 15) is 20.1 Å². The van der Waals surface area contributed by atoms with E-state index in [-0.39, 0.29) is 6.61 Å². The van der Waals surface area contributed by atoms with Crippen molar-refractivity contribution in [1.29, 1.82) is 0 Å². The zero-order chi connectivity index (χ0) is 29.5. The highest BCUT2D eigenvalue weighted by Gasteiger charge is 2.23. The monoisotopic (exact) mass is 568 g/mol. The minimum absolute atomic E-state index is 0.314. The number of rotatable bonds is 31. The van der Waals surface area contributed by atoms with Crippen molar-refractivity contribution in [2.24, 2.45) is 0 Å². The predicted molar refractivity (Wildman–Crippen MR) is 172 cm³/mol. The van der Waals surface area contributed by atoms with Crippen molar-refractivity contribution in [3.05, 3.63) is 12.2 Å². The molecule has 0 aromatic carbocycles. The number of amides is 1. The van der Waals surface area contributed by atoms with Gasteiger partial charge in [-0.05, 0) is 38.5 Å². The first-order valence-electron chi connectivity index (χ1n) is 17.5. The van der Waals surface area contributed by atoms with Gasteiger partial charge in [0.2, 0.25) is 5.91 Å². The van der Waals surface area contributed by atoms with Gasteiger partial charge in [0.25, 0.3) is 0 Å². The third-order valence-electron chi connectivity index (χ3n) is 8.13. The smallest absolute Gasteiger partial charge is 0.249 e. The summed E-state index contributed by atoms with van der Waals surface area (Å²) in [6.45, 7) is 4.19. The van der Waals surface area contributed by atoms with Crippen molar-refractivity contribution < 1.29 is 20.1 Å². The zero-order valence-corrected chi connectivity index (χ0v) is 26.7. The lowest BCUT2D eigenvalue weighted by Gasteiger charge is -2.23. The molecule has 0 radical (unpaired) electrons. The minimum Gasteiger partial charge on any atom is -0.394 e. The second-order valence-corrected chi connectivity index (χ2v) is 12.1. The van der Waals surface area contributed by atoms with Crippen molar-refractivity contribution in [2.75, 3.05) is 6.61 Å². The van der Waals surface area contributed by atoms with Crippen molar-refractivity contribution in [1.82, 2.24) is 5.32 Å². The van der Waals surface area contributed by atoms with E-state index < -0.39 is 24.2 Å². The van der Waals surface area contributed by atoms with Gasteiger partial charge in [0.1, 0.15) is 6.10 Å². The molecule has 3 atom stereocenters. The van der Waals surface area contributed by atoms with Gasteiger partial charge in [-0.25, -0.2) is 0 Å². The molecule has 0 saturated heterocycles. The number of hydrogen-bond donors (Lipinski definition) is 4. The third-order valence-corrected chi connectivity index (χ3v) is 8.13. The van der Waals surface area contributed by atoms with E-state index in [0.29, 0.717) is 12.8 Å². The van der Waals surface area contributed by atoms with Crippen LogP contribution < -0.4 is 5.32 Å². The van der Waals surface area contributed by atoms with Crippen LogP contribution in [0.4, 0.5) is 0 Å². The molecule has 0 saturated carbocycles. The van der Waals surface area contributed by atoms with E-state index in [4.69, 9.17) is 0 Å². The molecular weight excluding hydrogens is 498 g/mol. The standard InChI is InChI=1S/C35H69NO4/c1-3-5-7-9-11-13-15-16-17-18-19-20-22-24-26-28-30-34(39)35(40)36-32(31-37)33(38)29-27-25-23-21-14-12-10-8-6-4-2/h16-17,32-34,37-39H,3-15,18-31H2,1-2H3,(H,36,40)/b17-16-. The maximum Gasteiger partial charge on any atom is 0.249 e. The van der Waals surface area contributed by atoms with Crippen LogP contribution in [0.15, 0.2) is 12.2 Å². The molecule has 1 amide bonds. The lowest BCUT2D eigenvalue weighted by Crippen LogP contribution is -2.49. The van der Waals surface area contributed by atoms with Gasteiger partial charge in [0.15, 0.2) is 0 Å². The fourth-order valence-corrected chi connectivity index (χ4v) is 5.30. The summed E-state index contributed by atoms with van der Waals surface area (Å²) in [7, 11) is 0. The fraction of sp³-hybridized carbons (Fsp3) is 0.914. The Labute approximate surface area is 249 Å². The summed E-state index contributed by atoms with van der Waals surface area (Å²) < 4.78 is 0. The summed E-state index contributed by atoms with van der Waals surface area (Å²) in [5, 5.41) is 33.0. The van der Waals surface area contributed by atoms with Gasteiger partial charge in [-0.15, -0.1) is 0 Å². The first-order chi connectivity index (χ1) is 19.6. The van der Waals surface area contributed by atoms with E-state index >= 15 is 0 Å². The third kappa shape index (κ3) is 26.0. The molecule has 0 aromatic rings. The van der Waals surface area contributed by atoms with Crippen LogP contribution in [0.3, 0.4) is 0 Å². The largest absolute Gasteiger partial charge is 0.394 e. The van der Waals surface area contributed by atoms with Gasteiger partial charge in [-0.3, -0.25) is 4.79 Å². The van der Waals surface area contributed by atoms with Gasteiger partial charge in [0.05, 0.1) is 18.8 Å². The van der Waals surface area contributed by atoms with Crippen LogP contribution >= 0.6 is 0 Å². The second kappa shape index (κ2) is 31.0. The molecule has 0 aliphatic carbocycles. The molecule has 0 aromatic heterocycles. The Hall–Kier alpha value is -0.910. The molecule has 0 spiro atoms. The Balaban J connectivity index is 3.70. The van der Waals surface area contributed by atoms with Crippen LogP contribution in [0.25, 0.3) is 0 Å². The Kier molecular flexibility index (Phi) is 30.3. The molecule has 238 valence electrons. The Bertz CT molecular complexity index is 554. The molecule has 0 rings (SSSR count). The maximum absolute atomic E-state index is 12.4. The molecule has 0 fully saturated rings. The maximum atomic E-state index is 12.4.